The van der Waals surface area contributed by atoms with Crippen molar-refractivity contribution in [3.63, 3.8) is 0 Å². The Hall–Kier alpha value is -2.08. The number of carbonyl (C=O) groups is 1. The summed E-state index contributed by atoms with van der Waals surface area (Å²) in [7, 11) is 3.82. The Morgan fingerprint density at radius 2 is 1.95 bits per heavy atom. The maximum Gasteiger partial charge on any atom is 0.272 e. The summed E-state index contributed by atoms with van der Waals surface area (Å²) in [6.07, 6.45) is 1.98. The average molecular weight is 301 g/mol. The summed E-state index contributed by atoms with van der Waals surface area (Å²) >= 11 is 0. The van der Waals surface area contributed by atoms with Crippen LogP contribution in [0.5, 0.6) is 0 Å². The molecule has 1 saturated heterocycles. The second kappa shape index (κ2) is 5.96. The van der Waals surface area contributed by atoms with E-state index in [1.165, 1.54) is 0 Å². The lowest BCUT2D eigenvalue weighted by atomic mass is 10.2. The highest BCUT2D eigenvalue weighted by molar-refractivity contribution is 5.93. The van der Waals surface area contributed by atoms with Gasteiger partial charge in [-0.15, -0.1) is 0 Å². The van der Waals surface area contributed by atoms with Gasteiger partial charge in [0.15, 0.2) is 0 Å². The molecule has 0 saturated carbocycles. The van der Waals surface area contributed by atoms with Crippen LogP contribution in [0.1, 0.15) is 17.4 Å². The van der Waals surface area contributed by atoms with E-state index in [9.17, 15) is 4.79 Å². The quantitative estimate of drug-likeness (QED) is 0.856. The first kappa shape index (κ1) is 14.8. The first-order valence-corrected chi connectivity index (χ1v) is 7.77. The number of rotatable bonds is 3. The second-order valence-corrected chi connectivity index (χ2v) is 5.77. The Morgan fingerprint density at radius 3 is 2.55 bits per heavy atom. The molecule has 22 heavy (non-hydrogen) atoms. The fourth-order valence-corrected chi connectivity index (χ4v) is 2.95. The summed E-state index contributed by atoms with van der Waals surface area (Å²) in [6.45, 7) is 6.68. The lowest BCUT2D eigenvalue weighted by Crippen LogP contribution is -2.48. The van der Waals surface area contributed by atoms with Crippen LogP contribution in [-0.4, -0.2) is 62.8 Å². The van der Waals surface area contributed by atoms with Crippen LogP contribution in [0.2, 0.25) is 0 Å². The van der Waals surface area contributed by atoms with E-state index in [2.05, 4.69) is 16.9 Å². The number of amides is 1. The van der Waals surface area contributed by atoms with Crippen molar-refractivity contribution in [1.29, 1.82) is 0 Å². The van der Waals surface area contributed by atoms with Gasteiger partial charge < -0.3 is 14.4 Å². The van der Waals surface area contributed by atoms with E-state index in [0.29, 0.717) is 5.69 Å². The molecule has 1 aliphatic heterocycles. The lowest BCUT2D eigenvalue weighted by molar-refractivity contribution is 0.0632. The Bertz CT molecular complexity index is 664. The van der Waals surface area contributed by atoms with Crippen molar-refractivity contribution in [2.75, 3.05) is 32.7 Å². The summed E-state index contributed by atoms with van der Waals surface area (Å²) in [5.41, 5.74) is 2.51. The van der Waals surface area contributed by atoms with Gasteiger partial charge in [-0.3, -0.25) is 9.48 Å². The van der Waals surface area contributed by atoms with Crippen molar-refractivity contribution in [2.24, 2.45) is 14.1 Å². The number of carbonyl (C=O) groups excluding carboxylic acids is 1. The van der Waals surface area contributed by atoms with Crippen LogP contribution in [-0.2, 0) is 14.1 Å². The van der Waals surface area contributed by atoms with Gasteiger partial charge in [-0.1, -0.05) is 6.92 Å². The van der Waals surface area contributed by atoms with Gasteiger partial charge in [0.1, 0.15) is 11.4 Å². The molecular formula is C16H23N5O. The zero-order chi connectivity index (χ0) is 15.7. The van der Waals surface area contributed by atoms with Crippen LogP contribution in [0.15, 0.2) is 24.4 Å². The first-order chi connectivity index (χ1) is 10.6. The molecule has 3 heterocycles. The molecule has 2 aromatic rings. The van der Waals surface area contributed by atoms with Gasteiger partial charge in [0.2, 0.25) is 0 Å². The van der Waals surface area contributed by atoms with Crippen molar-refractivity contribution in [2.45, 2.75) is 6.92 Å². The van der Waals surface area contributed by atoms with Gasteiger partial charge in [-0.05, 0) is 24.7 Å². The molecule has 3 rings (SSSR count). The first-order valence-electron chi connectivity index (χ1n) is 7.77. The largest absolute Gasteiger partial charge is 0.349 e. The topological polar surface area (TPSA) is 46.3 Å². The molecule has 0 N–H and O–H groups in total. The predicted molar refractivity (Wildman–Crippen MR) is 85.6 cm³/mol. The summed E-state index contributed by atoms with van der Waals surface area (Å²) in [5, 5.41) is 4.50. The minimum Gasteiger partial charge on any atom is -0.349 e. The monoisotopic (exact) mass is 301 g/mol. The van der Waals surface area contributed by atoms with Crippen molar-refractivity contribution in [3.05, 3.63) is 30.1 Å². The zero-order valence-electron chi connectivity index (χ0n) is 13.5. The molecule has 6 heteroatoms. The maximum absolute atomic E-state index is 12.7. The Morgan fingerprint density at radius 1 is 1.23 bits per heavy atom. The van der Waals surface area contributed by atoms with E-state index in [1.54, 1.807) is 4.68 Å². The molecule has 1 aliphatic rings. The molecule has 0 bridgehead atoms. The molecule has 0 radical (unpaired) electrons. The molecule has 2 aromatic heterocycles. The standard InChI is InChI=1S/C16H23N5O/c1-4-20-8-10-21(11-9-20)16(22)15-12-13(17-19(15)3)14-6-5-7-18(14)2/h5-7,12H,4,8-11H2,1-3H3. The van der Waals surface area contributed by atoms with Crippen molar-refractivity contribution >= 4 is 5.91 Å². The highest BCUT2D eigenvalue weighted by atomic mass is 16.2. The van der Waals surface area contributed by atoms with Crippen molar-refractivity contribution in [3.8, 4) is 11.4 Å². The zero-order valence-corrected chi connectivity index (χ0v) is 13.5. The van der Waals surface area contributed by atoms with E-state index in [0.717, 1.165) is 44.1 Å². The molecule has 0 spiro atoms. The van der Waals surface area contributed by atoms with Crippen molar-refractivity contribution in [1.82, 2.24) is 24.1 Å². The average Bonchev–Trinajstić information content (AvgIpc) is 3.12. The number of aryl methyl sites for hydroxylation is 2. The number of nitrogens with zero attached hydrogens (tertiary/aromatic N) is 5. The van der Waals surface area contributed by atoms with Crippen LogP contribution in [0.25, 0.3) is 11.4 Å². The molecule has 118 valence electrons. The van der Waals surface area contributed by atoms with Crippen LogP contribution in [0.4, 0.5) is 0 Å². The summed E-state index contributed by atoms with van der Waals surface area (Å²) in [6, 6.07) is 5.88. The highest BCUT2D eigenvalue weighted by Crippen LogP contribution is 2.20. The van der Waals surface area contributed by atoms with E-state index >= 15 is 0 Å². The third-order valence-corrected chi connectivity index (χ3v) is 4.41. The molecule has 0 atom stereocenters. The minimum absolute atomic E-state index is 0.0752. The molecule has 0 aromatic carbocycles. The molecule has 0 aliphatic carbocycles. The third-order valence-electron chi connectivity index (χ3n) is 4.41. The maximum atomic E-state index is 12.7. The summed E-state index contributed by atoms with van der Waals surface area (Å²) in [5.74, 6) is 0.0752. The second-order valence-electron chi connectivity index (χ2n) is 5.77. The summed E-state index contributed by atoms with van der Waals surface area (Å²) in [4.78, 5) is 17.0. The Kier molecular flexibility index (Phi) is 4.02. The smallest absolute Gasteiger partial charge is 0.272 e. The number of hydrogen-bond donors (Lipinski definition) is 0. The summed E-state index contributed by atoms with van der Waals surface area (Å²) < 4.78 is 3.70. The van der Waals surface area contributed by atoms with Gasteiger partial charge >= 0.3 is 0 Å². The van der Waals surface area contributed by atoms with E-state index < -0.39 is 0 Å². The van der Waals surface area contributed by atoms with Crippen LogP contribution in [0, 0.1) is 0 Å². The molecule has 1 amide bonds. The van der Waals surface area contributed by atoms with Crippen molar-refractivity contribution < 1.29 is 4.79 Å². The number of hydrogen-bond acceptors (Lipinski definition) is 3. The van der Waals surface area contributed by atoms with Gasteiger partial charge in [-0.25, -0.2) is 0 Å². The molecule has 6 nitrogen and oxygen atoms in total. The normalized spacial score (nSPS) is 16.2. The van der Waals surface area contributed by atoms with E-state index in [-0.39, 0.29) is 5.91 Å². The lowest BCUT2D eigenvalue weighted by Gasteiger charge is -2.33. The number of aromatic nitrogens is 3. The van der Waals surface area contributed by atoms with Gasteiger partial charge in [0, 0.05) is 46.5 Å². The minimum atomic E-state index is 0.0752. The highest BCUT2D eigenvalue weighted by Gasteiger charge is 2.24. The van der Waals surface area contributed by atoms with Crippen LogP contribution < -0.4 is 0 Å². The SMILES string of the molecule is CCN1CCN(C(=O)c2cc(-c3cccn3C)nn2C)CC1. The van der Waals surface area contributed by atoms with Gasteiger partial charge in [-0.2, -0.15) is 5.10 Å². The predicted octanol–water partition coefficient (Wildman–Crippen LogP) is 1.20. The van der Waals surface area contributed by atoms with Gasteiger partial charge in [0.05, 0.1) is 5.69 Å². The van der Waals surface area contributed by atoms with Crippen LogP contribution >= 0.6 is 0 Å². The van der Waals surface area contributed by atoms with E-state index in [4.69, 9.17) is 0 Å². The van der Waals surface area contributed by atoms with E-state index in [1.807, 2.05) is 48.0 Å². The fraction of sp³-hybridized carbons (Fsp3) is 0.500. The Balaban J connectivity index is 1.79. The number of likely N-dealkylation sites (N-methyl/N-ethyl adjacent to an activating group) is 1. The van der Waals surface area contributed by atoms with Crippen LogP contribution in [0.3, 0.4) is 0 Å². The number of piperazine rings is 1. The third kappa shape index (κ3) is 2.66. The molecule has 1 fully saturated rings. The van der Waals surface area contributed by atoms with Gasteiger partial charge in [0.25, 0.3) is 5.91 Å². The fourth-order valence-electron chi connectivity index (χ4n) is 2.95. The molecule has 0 unspecified atom stereocenters. The Labute approximate surface area is 130 Å². The molecular weight excluding hydrogens is 278 g/mol.